The van der Waals surface area contributed by atoms with Crippen molar-refractivity contribution in [3.8, 4) is 11.4 Å². The Labute approximate surface area is 176 Å². The number of hydrogen-bond acceptors (Lipinski definition) is 4. The topological polar surface area (TPSA) is 49.3 Å². The molecule has 5 nitrogen and oxygen atoms in total. The average molecular weight is 404 g/mol. The van der Waals surface area contributed by atoms with Gasteiger partial charge < -0.3 is 9.80 Å². The molecule has 4 rings (SSSR count). The van der Waals surface area contributed by atoms with Crippen LogP contribution in [0.15, 0.2) is 60.8 Å². The minimum absolute atomic E-state index is 0.0506. The van der Waals surface area contributed by atoms with Gasteiger partial charge in [0.05, 0.1) is 0 Å². The summed E-state index contributed by atoms with van der Waals surface area (Å²) in [5.41, 5.74) is 2.09. The highest BCUT2D eigenvalue weighted by Gasteiger charge is 2.26. The molecule has 1 saturated heterocycles. The Morgan fingerprint density at radius 2 is 1.73 bits per heavy atom. The van der Waals surface area contributed by atoms with Crippen LogP contribution in [0, 0.1) is 11.7 Å². The zero-order chi connectivity index (χ0) is 21.1. The predicted octanol–water partition coefficient (Wildman–Crippen LogP) is 4.92. The number of likely N-dealkylation sites (tertiary alicyclic amines) is 1. The van der Waals surface area contributed by atoms with Gasteiger partial charge in [0, 0.05) is 37.6 Å². The smallest absolute Gasteiger partial charge is 0.259 e. The van der Waals surface area contributed by atoms with Crippen molar-refractivity contribution in [2.24, 2.45) is 5.92 Å². The molecule has 1 aliphatic heterocycles. The lowest BCUT2D eigenvalue weighted by Gasteiger charge is -2.31. The van der Waals surface area contributed by atoms with Crippen molar-refractivity contribution in [3.05, 3.63) is 72.2 Å². The van der Waals surface area contributed by atoms with Crippen molar-refractivity contribution < 1.29 is 9.18 Å². The molecule has 2 aromatic carbocycles. The van der Waals surface area contributed by atoms with Crippen LogP contribution >= 0.6 is 0 Å². The van der Waals surface area contributed by atoms with Crippen molar-refractivity contribution in [3.63, 3.8) is 0 Å². The quantitative estimate of drug-likeness (QED) is 0.619. The maximum Gasteiger partial charge on any atom is 0.259 e. The molecule has 3 aromatic rings. The molecule has 30 heavy (non-hydrogen) atoms. The summed E-state index contributed by atoms with van der Waals surface area (Å²) in [6.07, 6.45) is 3.61. The highest BCUT2D eigenvalue weighted by atomic mass is 19.1. The fourth-order valence-corrected chi connectivity index (χ4v) is 3.67. The molecule has 6 heteroatoms. The Bertz CT molecular complexity index is 1020. The van der Waals surface area contributed by atoms with E-state index < -0.39 is 0 Å². The van der Waals surface area contributed by atoms with Crippen molar-refractivity contribution in [2.75, 3.05) is 25.0 Å². The molecule has 2 heterocycles. The molecular weight excluding hydrogens is 379 g/mol. The third kappa shape index (κ3) is 4.17. The first kappa shape index (κ1) is 20.0. The van der Waals surface area contributed by atoms with Crippen LogP contribution < -0.4 is 4.90 Å². The highest BCUT2D eigenvalue weighted by molar-refractivity contribution is 5.99. The molecule has 0 unspecified atom stereocenters. The van der Waals surface area contributed by atoms with Gasteiger partial charge in [0.1, 0.15) is 17.2 Å². The maximum atomic E-state index is 13.3. The van der Waals surface area contributed by atoms with Gasteiger partial charge in [-0.05, 0) is 55.2 Å². The van der Waals surface area contributed by atoms with E-state index in [1.54, 1.807) is 18.3 Å². The number of aromatic nitrogens is 2. The summed E-state index contributed by atoms with van der Waals surface area (Å²) in [4.78, 5) is 26.3. The Kier molecular flexibility index (Phi) is 5.74. The van der Waals surface area contributed by atoms with Crippen LogP contribution in [0.5, 0.6) is 0 Å². The lowest BCUT2D eigenvalue weighted by atomic mass is 9.99. The van der Waals surface area contributed by atoms with Crippen LogP contribution in [0.3, 0.4) is 0 Å². The van der Waals surface area contributed by atoms with Crippen molar-refractivity contribution in [2.45, 2.75) is 19.8 Å². The molecule has 1 amide bonds. The summed E-state index contributed by atoms with van der Waals surface area (Å²) in [6, 6.07) is 15.8. The van der Waals surface area contributed by atoms with Crippen molar-refractivity contribution in [1.29, 1.82) is 0 Å². The number of carbonyl (C=O) groups is 1. The molecule has 1 aliphatic rings. The van der Waals surface area contributed by atoms with Crippen LogP contribution in [0.1, 0.15) is 30.1 Å². The zero-order valence-electron chi connectivity index (χ0n) is 17.3. The zero-order valence-corrected chi connectivity index (χ0v) is 17.3. The Morgan fingerprint density at radius 3 is 2.40 bits per heavy atom. The van der Waals surface area contributed by atoms with E-state index in [1.807, 2.05) is 47.2 Å². The highest BCUT2D eigenvalue weighted by Crippen LogP contribution is 2.29. The second-order valence-corrected chi connectivity index (χ2v) is 7.81. The van der Waals surface area contributed by atoms with E-state index in [2.05, 4.69) is 11.9 Å². The fourth-order valence-electron chi connectivity index (χ4n) is 3.67. The number of carbonyl (C=O) groups excluding carboxylic acids is 1. The van der Waals surface area contributed by atoms with E-state index in [0.29, 0.717) is 28.7 Å². The van der Waals surface area contributed by atoms with Gasteiger partial charge in [-0.1, -0.05) is 25.1 Å². The van der Waals surface area contributed by atoms with Crippen LogP contribution in [-0.2, 0) is 0 Å². The van der Waals surface area contributed by atoms with E-state index in [9.17, 15) is 9.18 Å². The number of rotatable bonds is 4. The van der Waals surface area contributed by atoms with Crippen LogP contribution in [0.2, 0.25) is 0 Å². The molecule has 1 aromatic heterocycles. The molecule has 0 saturated carbocycles. The fraction of sp³-hybridized carbons (Fsp3) is 0.292. The summed E-state index contributed by atoms with van der Waals surface area (Å²) in [5.74, 6) is 1.27. The number of nitrogens with zero attached hydrogens (tertiary/aromatic N) is 4. The van der Waals surface area contributed by atoms with Gasteiger partial charge in [-0.3, -0.25) is 4.79 Å². The first-order valence-electron chi connectivity index (χ1n) is 10.2. The van der Waals surface area contributed by atoms with Crippen molar-refractivity contribution in [1.82, 2.24) is 14.9 Å². The van der Waals surface area contributed by atoms with Crippen LogP contribution in [0.4, 0.5) is 15.9 Å². The van der Waals surface area contributed by atoms with Gasteiger partial charge in [-0.25, -0.2) is 14.4 Å². The normalized spacial score (nSPS) is 14.6. The molecule has 0 spiro atoms. The third-order valence-electron chi connectivity index (χ3n) is 5.63. The number of hydrogen-bond donors (Lipinski definition) is 0. The van der Waals surface area contributed by atoms with E-state index in [4.69, 9.17) is 4.98 Å². The number of piperidine rings is 1. The summed E-state index contributed by atoms with van der Waals surface area (Å²) < 4.78 is 13.3. The summed E-state index contributed by atoms with van der Waals surface area (Å²) in [7, 11) is 1.89. The first-order valence-corrected chi connectivity index (χ1v) is 10.2. The van der Waals surface area contributed by atoms with Gasteiger partial charge in [0.25, 0.3) is 5.91 Å². The second kappa shape index (κ2) is 8.61. The number of anilines is 2. The lowest BCUT2D eigenvalue weighted by Crippen LogP contribution is -2.38. The summed E-state index contributed by atoms with van der Waals surface area (Å²) >= 11 is 0. The molecule has 0 N–H and O–H groups in total. The van der Waals surface area contributed by atoms with E-state index in [1.165, 1.54) is 12.1 Å². The van der Waals surface area contributed by atoms with Gasteiger partial charge >= 0.3 is 0 Å². The Balaban J connectivity index is 1.75. The van der Waals surface area contributed by atoms with Crippen LogP contribution in [-0.4, -0.2) is 40.9 Å². The SMILES string of the molecule is CC1CCN(C(=O)c2cnc(-c3ccc(F)cc3)nc2N(C)c2ccccc2)CC1. The molecule has 0 aliphatic carbocycles. The maximum absolute atomic E-state index is 13.3. The van der Waals surface area contributed by atoms with E-state index in [0.717, 1.165) is 31.6 Å². The minimum atomic E-state index is -0.313. The van der Waals surface area contributed by atoms with Crippen LogP contribution in [0.25, 0.3) is 11.4 Å². The predicted molar refractivity (Wildman–Crippen MR) is 116 cm³/mol. The molecule has 0 atom stereocenters. The number of halogens is 1. The minimum Gasteiger partial charge on any atom is -0.338 e. The average Bonchev–Trinajstić information content (AvgIpc) is 2.79. The van der Waals surface area contributed by atoms with Crippen molar-refractivity contribution >= 4 is 17.4 Å². The van der Waals surface area contributed by atoms with Gasteiger partial charge in [-0.2, -0.15) is 0 Å². The Morgan fingerprint density at radius 1 is 1.07 bits per heavy atom. The van der Waals surface area contributed by atoms with Gasteiger partial charge in [0.15, 0.2) is 5.82 Å². The van der Waals surface area contributed by atoms with Gasteiger partial charge in [-0.15, -0.1) is 0 Å². The lowest BCUT2D eigenvalue weighted by molar-refractivity contribution is 0.0697. The summed E-state index contributed by atoms with van der Waals surface area (Å²) in [5, 5.41) is 0. The molecular formula is C24H25FN4O. The molecule has 0 bridgehead atoms. The first-order chi connectivity index (χ1) is 14.5. The largest absolute Gasteiger partial charge is 0.338 e. The number of para-hydroxylation sites is 1. The standard InChI is InChI=1S/C24H25FN4O/c1-17-12-14-29(15-13-17)24(30)21-16-26-22(18-8-10-19(25)11-9-18)27-23(21)28(2)20-6-4-3-5-7-20/h3-11,16-17H,12-15H2,1-2H3. The summed E-state index contributed by atoms with van der Waals surface area (Å²) in [6.45, 7) is 3.71. The monoisotopic (exact) mass is 404 g/mol. The second-order valence-electron chi connectivity index (χ2n) is 7.81. The number of amides is 1. The number of benzene rings is 2. The van der Waals surface area contributed by atoms with Gasteiger partial charge in [0.2, 0.25) is 0 Å². The van der Waals surface area contributed by atoms with E-state index in [-0.39, 0.29) is 11.7 Å². The third-order valence-corrected chi connectivity index (χ3v) is 5.63. The molecule has 1 fully saturated rings. The molecule has 0 radical (unpaired) electrons. The molecule has 154 valence electrons. The Hall–Kier alpha value is -3.28. The van der Waals surface area contributed by atoms with E-state index >= 15 is 0 Å².